The van der Waals surface area contributed by atoms with Gasteiger partial charge < -0.3 is 5.11 Å². The molecule has 5 aliphatic rings. The molecular weight excluding hydrogens is 388 g/mol. The Labute approximate surface area is 199 Å². The van der Waals surface area contributed by atoms with E-state index in [4.69, 9.17) is 0 Å². The average Bonchev–Trinajstić information content (AvgIpc) is 3.30. The van der Waals surface area contributed by atoms with Gasteiger partial charge >= 0.3 is 0 Å². The van der Waals surface area contributed by atoms with Crippen LogP contribution in [0.15, 0.2) is 12.2 Å². The van der Waals surface area contributed by atoms with Crippen LogP contribution in [0.2, 0.25) is 0 Å². The van der Waals surface area contributed by atoms with Crippen LogP contribution in [-0.4, -0.2) is 11.2 Å². The Kier molecular flexibility index (Phi) is 5.21. The van der Waals surface area contributed by atoms with E-state index >= 15 is 0 Å². The SMILES string of the molecule is C=C(CCC(C)C1CC2(C)CCC34CC35CCC(O)C(C)(C)C5CCC4C2(C)C1)C(C)C. The zero-order valence-electron chi connectivity index (χ0n) is 22.4. The Bertz CT molecular complexity index is 779. The van der Waals surface area contributed by atoms with Crippen LogP contribution in [0, 0.1) is 56.7 Å². The number of allylic oxidation sites excluding steroid dienone is 1. The molecule has 5 aliphatic carbocycles. The van der Waals surface area contributed by atoms with Gasteiger partial charge in [0.05, 0.1) is 6.10 Å². The van der Waals surface area contributed by atoms with E-state index in [1.165, 1.54) is 69.8 Å². The second-order valence-corrected chi connectivity index (χ2v) is 15.0. The Balaban J connectivity index is 1.37. The molecule has 5 fully saturated rings. The highest BCUT2D eigenvalue weighted by Gasteiger charge is 2.81. The van der Waals surface area contributed by atoms with Gasteiger partial charge in [0.2, 0.25) is 0 Å². The summed E-state index contributed by atoms with van der Waals surface area (Å²) < 4.78 is 0. The second kappa shape index (κ2) is 7.11. The molecule has 182 valence electrons. The summed E-state index contributed by atoms with van der Waals surface area (Å²) in [6.45, 7) is 21.7. The summed E-state index contributed by atoms with van der Waals surface area (Å²) in [4.78, 5) is 0. The molecule has 1 heteroatoms. The molecule has 0 bridgehead atoms. The molecular formula is C31H52O. The molecule has 5 saturated carbocycles. The maximum atomic E-state index is 10.9. The summed E-state index contributed by atoms with van der Waals surface area (Å²) in [5.74, 6) is 4.04. The third-order valence-corrected chi connectivity index (χ3v) is 13.4. The molecule has 0 aromatic heterocycles. The molecule has 1 nitrogen and oxygen atoms in total. The molecule has 1 N–H and O–H groups in total. The predicted octanol–water partition coefficient (Wildman–Crippen LogP) is 8.41. The van der Waals surface area contributed by atoms with Crippen LogP contribution in [-0.2, 0) is 0 Å². The van der Waals surface area contributed by atoms with Crippen molar-refractivity contribution in [3.8, 4) is 0 Å². The highest BCUT2D eigenvalue weighted by molar-refractivity contribution is 5.30. The minimum Gasteiger partial charge on any atom is -0.393 e. The fraction of sp³-hybridized carbons (Fsp3) is 0.935. The lowest BCUT2D eigenvalue weighted by atomic mass is 9.43. The Hall–Kier alpha value is -0.300. The van der Waals surface area contributed by atoms with E-state index in [0.29, 0.717) is 27.6 Å². The van der Waals surface area contributed by atoms with Gasteiger partial charge in [0, 0.05) is 0 Å². The van der Waals surface area contributed by atoms with Crippen LogP contribution in [0.3, 0.4) is 0 Å². The maximum Gasteiger partial charge on any atom is 0.0594 e. The fourth-order valence-corrected chi connectivity index (χ4v) is 10.8. The smallest absolute Gasteiger partial charge is 0.0594 e. The molecule has 0 amide bonds. The molecule has 32 heavy (non-hydrogen) atoms. The van der Waals surface area contributed by atoms with E-state index in [9.17, 15) is 5.11 Å². The first-order chi connectivity index (χ1) is 14.8. The second-order valence-electron chi connectivity index (χ2n) is 15.0. The first-order valence-electron chi connectivity index (χ1n) is 14.2. The first kappa shape index (κ1) is 23.4. The molecule has 9 unspecified atom stereocenters. The molecule has 0 radical (unpaired) electrons. The van der Waals surface area contributed by atoms with Gasteiger partial charge in [0.1, 0.15) is 0 Å². The Morgan fingerprint density at radius 1 is 0.906 bits per heavy atom. The molecule has 5 rings (SSSR count). The van der Waals surface area contributed by atoms with Crippen molar-refractivity contribution in [1.82, 2.24) is 0 Å². The monoisotopic (exact) mass is 440 g/mol. The lowest BCUT2D eigenvalue weighted by Crippen LogP contribution is -2.56. The molecule has 2 spiro atoms. The van der Waals surface area contributed by atoms with Crippen LogP contribution >= 0.6 is 0 Å². The van der Waals surface area contributed by atoms with E-state index in [-0.39, 0.29) is 11.5 Å². The van der Waals surface area contributed by atoms with Gasteiger partial charge in [-0.25, -0.2) is 0 Å². The Morgan fingerprint density at radius 2 is 1.56 bits per heavy atom. The van der Waals surface area contributed by atoms with Crippen molar-refractivity contribution in [3.05, 3.63) is 12.2 Å². The van der Waals surface area contributed by atoms with Crippen LogP contribution in [0.4, 0.5) is 0 Å². The lowest BCUT2D eigenvalue weighted by Gasteiger charge is -2.62. The van der Waals surface area contributed by atoms with Gasteiger partial charge in [-0.1, -0.05) is 60.6 Å². The number of aliphatic hydroxyl groups is 1. The normalized spacial score (nSPS) is 51.9. The number of hydrogen-bond acceptors (Lipinski definition) is 1. The highest BCUT2D eigenvalue weighted by Crippen LogP contribution is 2.88. The van der Waals surface area contributed by atoms with Crippen molar-refractivity contribution in [2.75, 3.05) is 0 Å². The number of aliphatic hydroxyl groups excluding tert-OH is 1. The van der Waals surface area contributed by atoms with Gasteiger partial charge in [-0.3, -0.25) is 0 Å². The molecule has 0 aromatic carbocycles. The van der Waals surface area contributed by atoms with Gasteiger partial charge in [-0.15, -0.1) is 0 Å². The zero-order chi connectivity index (χ0) is 23.3. The molecule has 0 aliphatic heterocycles. The highest BCUT2D eigenvalue weighted by atomic mass is 16.3. The van der Waals surface area contributed by atoms with E-state index < -0.39 is 0 Å². The van der Waals surface area contributed by atoms with E-state index in [1.807, 2.05) is 0 Å². The van der Waals surface area contributed by atoms with Crippen molar-refractivity contribution in [2.45, 2.75) is 125 Å². The summed E-state index contributed by atoms with van der Waals surface area (Å²) in [6.07, 6.45) is 15.0. The van der Waals surface area contributed by atoms with E-state index in [0.717, 1.165) is 30.1 Å². The molecule has 9 atom stereocenters. The first-order valence-corrected chi connectivity index (χ1v) is 14.2. The molecule has 0 aromatic rings. The summed E-state index contributed by atoms with van der Waals surface area (Å²) >= 11 is 0. The van der Waals surface area contributed by atoms with E-state index in [2.05, 4.69) is 55.0 Å². The summed E-state index contributed by atoms with van der Waals surface area (Å²) in [6, 6.07) is 0. The maximum absolute atomic E-state index is 10.9. The topological polar surface area (TPSA) is 20.2 Å². The van der Waals surface area contributed by atoms with Crippen LogP contribution < -0.4 is 0 Å². The lowest BCUT2D eigenvalue weighted by molar-refractivity contribution is -0.152. The van der Waals surface area contributed by atoms with Crippen molar-refractivity contribution in [3.63, 3.8) is 0 Å². The third kappa shape index (κ3) is 2.85. The number of hydrogen-bond donors (Lipinski definition) is 1. The van der Waals surface area contributed by atoms with Crippen LogP contribution in [0.5, 0.6) is 0 Å². The molecule has 0 heterocycles. The molecule has 0 saturated heterocycles. The predicted molar refractivity (Wildman–Crippen MR) is 135 cm³/mol. The van der Waals surface area contributed by atoms with Crippen molar-refractivity contribution in [1.29, 1.82) is 0 Å². The van der Waals surface area contributed by atoms with Gasteiger partial charge in [-0.05, 0) is 127 Å². The largest absolute Gasteiger partial charge is 0.393 e. The van der Waals surface area contributed by atoms with Crippen molar-refractivity contribution in [2.24, 2.45) is 56.7 Å². The van der Waals surface area contributed by atoms with Crippen molar-refractivity contribution >= 4 is 0 Å². The van der Waals surface area contributed by atoms with Gasteiger partial charge in [-0.2, -0.15) is 0 Å². The van der Waals surface area contributed by atoms with Crippen LogP contribution in [0.1, 0.15) is 119 Å². The van der Waals surface area contributed by atoms with Gasteiger partial charge in [0.25, 0.3) is 0 Å². The number of fused-ring (bicyclic) bond motifs is 2. The standard InChI is InChI=1S/C31H52O/c1-20(2)21(3)9-10-22(4)23-17-28(7)15-16-31-19-30(31)14-13-26(32)27(5,6)24(30)11-12-25(31)29(28,8)18-23/h20,22-26,32H,3,9-19H2,1-2,4-8H3. The summed E-state index contributed by atoms with van der Waals surface area (Å²) in [5, 5.41) is 10.9. The van der Waals surface area contributed by atoms with Crippen LogP contribution in [0.25, 0.3) is 0 Å². The average molecular weight is 441 g/mol. The quantitative estimate of drug-likeness (QED) is 0.425. The van der Waals surface area contributed by atoms with Gasteiger partial charge in [0.15, 0.2) is 0 Å². The Morgan fingerprint density at radius 3 is 2.25 bits per heavy atom. The minimum atomic E-state index is -0.0888. The fourth-order valence-electron chi connectivity index (χ4n) is 10.8. The number of rotatable bonds is 5. The van der Waals surface area contributed by atoms with E-state index in [1.54, 1.807) is 0 Å². The van der Waals surface area contributed by atoms with Crippen molar-refractivity contribution < 1.29 is 5.11 Å². The summed E-state index contributed by atoms with van der Waals surface area (Å²) in [5.41, 5.74) is 3.81. The summed E-state index contributed by atoms with van der Waals surface area (Å²) in [7, 11) is 0. The minimum absolute atomic E-state index is 0.0888. The zero-order valence-corrected chi connectivity index (χ0v) is 22.4. The third-order valence-electron chi connectivity index (χ3n) is 13.4.